The monoisotopic (exact) mass is 281 g/mol. The number of benzene rings is 1. The molecule has 0 radical (unpaired) electrons. The maximum absolute atomic E-state index is 6.27. The van der Waals surface area contributed by atoms with Crippen molar-refractivity contribution in [2.45, 2.75) is 25.7 Å². The van der Waals surface area contributed by atoms with Gasteiger partial charge in [0.2, 0.25) is 0 Å². The van der Waals surface area contributed by atoms with Crippen LogP contribution >= 0.6 is 11.6 Å². The van der Waals surface area contributed by atoms with Crippen LogP contribution in [-0.2, 0) is 11.2 Å². The highest BCUT2D eigenvalue weighted by atomic mass is 35.5. The van der Waals surface area contributed by atoms with E-state index in [2.05, 4.69) is 17.4 Å². The largest absolute Gasteiger partial charge is 0.381 e. The molecule has 0 spiro atoms. The van der Waals surface area contributed by atoms with Crippen LogP contribution in [0.15, 0.2) is 24.3 Å². The molecule has 2 rings (SSSR count). The molecule has 1 aliphatic heterocycles. The second-order valence-electron chi connectivity index (χ2n) is 5.51. The molecule has 19 heavy (non-hydrogen) atoms. The third-order valence-electron chi connectivity index (χ3n) is 3.97. The summed E-state index contributed by atoms with van der Waals surface area (Å²) in [6.45, 7) is 2.93. The summed E-state index contributed by atoms with van der Waals surface area (Å²) in [7, 11) is 2.03. The molecule has 106 valence electrons. The normalized spacial score (nSPS) is 18.4. The number of rotatable bonds is 6. The van der Waals surface area contributed by atoms with Crippen LogP contribution < -0.4 is 5.32 Å². The molecule has 1 aromatic carbocycles. The van der Waals surface area contributed by atoms with E-state index in [0.29, 0.717) is 5.92 Å². The lowest BCUT2D eigenvalue weighted by molar-refractivity contribution is 0.0586. The molecule has 1 atom stereocenters. The third-order valence-corrected chi connectivity index (χ3v) is 4.34. The van der Waals surface area contributed by atoms with Crippen LogP contribution in [0.25, 0.3) is 0 Å². The van der Waals surface area contributed by atoms with Crippen LogP contribution in [0.1, 0.15) is 24.8 Å². The zero-order valence-corrected chi connectivity index (χ0v) is 12.5. The van der Waals surface area contributed by atoms with Gasteiger partial charge in [-0.1, -0.05) is 29.8 Å². The Labute approximate surface area is 121 Å². The summed E-state index contributed by atoms with van der Waals surface area (Å²) in [5.74, 6) is 1.47. The topological polar surface area (TPSA) is 21.3 Å². The number of nitrogens with one attached hydrogen (secondary N) is 1. The summed E-state index contributed by atoms with van der Waals surface area (Å²) >= 11 is 6.27. The standard InChI is InChI=1S/C16H24ClNO/c1-18-12-14(10-13-6-8-19-9-7-13)11-15-4-2-3-5-16(15)17/h2-5,13-14,18H,6-12H2,1H3. The van der Waals surface area contributed by atoms with Crippen molar-refractivity contribution >= 4 is 11.6 Å². The predicted molar refractivity (Wildman–Crippen MR) is 80.7 cm³/mol. The van der Waals surface area contributed by atoms with Gasteiger partial charge in [0.1, 0.15) is 0 Å². The molecule has 1 N–H and O–H groups in total. The van der Waals surface area contributed by atoms with E-state index >= 15 is 0 Å². The second kappa shape index (κ2) is 7.88. The average molecular weight is 282 g/mol. The maximum atomic E-state index is 6.27. The quantitative estimate of drug-likeness (QED) is 0.861. The highest BCUT2D eigenvalue weighted by Crippen LogP contribution is 2.27. The van der Waals surface area contributed by atoms with Crippen molar-refractivity contribution < 1.29 is 4.74 Å². The van der Waals surface area contributed by atoms with E-state index in [1.165, 1.54) is 24.8 Å². The van der Waals surface area contributed by atoms with Gasteiger partial charge in [-0.3, -0.25) is 0 Å². The second-order valence-corrected chi connectivity index (χ2v) is 5.92. The summed E-state index contributed by atoms with van der Waals surface area (Å²) in [4.78, 5) is 0. The molecule has 0 aliphatic carbocycles. The molecule has 1 saturated heterocycles. The summed E-state index contributed by atoms with van der Waals surface area (Å²) < 4.78 is 5.44. The fraction of sp³-hybridized carbons (Fsp3) is 0.625. The van der Waals surface area contributed by atoms with Gasteiger partial charge in [-0.25, -0.2) is 0 Å². The van der Waals surface area contributed by atoms with Crippen molar-refractivity contribution in [3.63, 3.8) is 0 Å². The molecule has 0 aromatic heterocycles. The van der Waals surface area contributed by atoms with Gasteiger partial charge in [0, 0.05) is 18.2 Å². The van der Waals surface area contributed by atoms with Crippen LogP contribution in [0.4, 0.5) is 0 Å². The van der Waals surface area contributed by atoms with E-state index in [0.717, 1.165) is 37.1 Å². The van der Waals surface area contributed by atoms with Crippen molar-refractivity contribution in [2.75, 3.05) is 26.8 Å². The van der Waals surface area contributed by atoms with Crippen molar-refractivity contribution in [1.29, 1.82) is 0 Å². The highest BCUT2D eigenvalue weighted by molar-refractivity contribution is 6.31. The Balaban J connectivity index is 1.93. The first-order chi connectivity index (χ1) is 9.29. The maximum Gasteiger partial charge on any atom is 0.0468 e. The molecule has 1 heterocycles. The molecule has 0 amide bonds. The lowest BCUT2D eigenvalue weighted by Crippen LogP contribution is -2.26. The van der Waals surface area contributed by atoms with E-state index in [-0.39, 0.29) is 0 Å². The number of ether oxygens (including phenoxy) is 1. The van der Waals surface area contributed by atoms with Crippen LogP contribution in [0.5, 0.6) is 0 Å². The van der Waals surface area contributed by atoms with Crippen molar-refractivity contribution in [3.8, 4) is 0 Å². The van der Waals surface area contributed by atoms with Gasteiger partial charge in [-0.05, 0) is 62.7 Å². The minimum absolute atomic E-state index is 0.660. The fourth-order valence-electron chi connectivity index (χ4n) is 2.96. The van der Waals surface area contributed by atoms with E-state index in [4.69, 9.17) is 16.3 Å². The summed E-state index contributed by atoms with van der Waals surface area (Å²) in [6, 6.07) is 8.21. The number of hydrogen-bond acceptors (Lipinski definition) is 2. The van der Waals surface area contributed by atoms with Crippen molar-refractivity contribution in [3.05, 3.63) is 34.9 Å². The Bertz CT molecular complexity index is 377. The van der Waals surface area contributed by atoms with Crippen molar-refractivity contribution in [2.24, 2.45) is 11.8 Å². The minimum Gasteiger partial charge on any atom is -0.381 e. The Morgan fingerprint density at radius 1 is 1.32 bits per heavy atom. The third kappa shape index (κ3) is 4.79. The molecule has 1 fully saturated rings. The van der Waals surface area contributed by atoms with Crippen LogP contribution in [0.2, 0.25) is 5.02 Å². The Morgan fingerprint density at radius 2 is 2.05 bits per heavy atom. The van der Waals surface area contributed by atoms with E-state index in [9.17, 15) is 0 Å². The first-order valence-corrected chi connectivity index (χ1v) is 7.63. The zero-order chi connectivity index (χ0) is 13.5. The fourth-order valence-corrected chi connectivity index (χ4v) is 3.17. The van der Waals surface area contributed by atoms with E-state index < -0.39 is 0 Å². The van der Waals surface area contributed by atoms with Crippen LogP contribution in [0, 0.1) is 11.8 Å². The molecule has 1 unspecified atom stereocenters. The Morgan fingerprint density at radius 3 is 2.74 bits per heavy atom. The molecule has 0 bridgehead atoms. The van der Waals surface area contributed by atoms with Gasteiger partial charge in [0.15, 0.2) is 0 Å². The Kier molecular flexibility index (Phi) is 6.15. The molecular weight excluding hydrogens is 258 g/mol. The SMILES string of the molecule is CNCC(Cc1ccccc1Cl)CC1CCOCC1. The molecule has 3 heteroatoms. The van der Waals surface area contributed by atoms with Gasteiger partial charge < -0.3 is 10.1 Å². The van der Waals surface area contributed by atoms with Gasteiger partial charge in [-0.15, -0.1) is 0 Å². The summed E-state index contributed by atoms with van der Waals surface area (Å²) in [5.41, 5.74) is 1.27. The number of halogens is 1. The van der Waals surface area contributed by atoms with Gasteiger partial charge in [0.25, 0.3) is 0 Å². The lowest BCUT2D eigenvalue weighted by atomic mass is 9.85. The van der Waals surface area contributed by atoms with Gasteiger partial charge in [0.05, 0.1) is 0 Å². The smallest absolute Gasteiger partial charge is 0.0468 e. The van der Waals surface area contributed by atoms with Crippen molar-refractivity contribution in [1.82, 2.24) is 5.32 Å². The molecular formula is C16H24ClNO. The van der Waals surface area contributed by atoms with E-state index in [1.807, 2.05) is 19.2 Å². The summed E-state index contributed by atoms with van der Waals surface area (Å²) in [6.07, 6.45) is 4.76. The first kappa shape index (κ1) is 14.8. The number of hydrogen-bond donors (Lipinski definition) is 1. The molecule has 1 aliphatic rings. The van der Waals surface area contributed by atoms with Gasteiger partial charge >= 0.3 is 0 Å². The van der Waals surface area contributed by atoms with Crippen LogP contribution in [-0.4, -0.2) is 26.8 Å². The predicted octanol–water partition coefficient (Wildman–Crippen LogP) is 3.53. The molecule has 0 saturated carbocycles. The lowest BCUT2D eigenvalue weighted by Gasteiger charge is -2.27. The molecule has 2 nitrogen and oxygen atoms in total. The van der Waals surface area contributed by atoms with Gasteiger partial charge in [-0.2, -0.15) is 0 Å². The zero-order valence-electron chi connectivity index (χ0n) is 11.7. The minimum atomic E-state index is 0.660. The highest BCUT2D eigenvalue weighted by Gasteiger charge is 2.19. The van der Waals surface area contributed by atoms with E-state index in [1.54, 1.807) is 0 Å². The van der Waals surface area contributed by atoms with Crippen LogP contribution in [0.3, 0.4) is 0 Å². The Hall–Kier alpha value is -0.570. The average Bonchev–Trinajstić information content (AvgIpc) is 2.43. The summed E-state index contributed by atoms with van der Waals surface area (Å²) in [5, 5.41) is 4.22. The first-order valence-electron chi connectivity index (χ1n) is 7.25. The molecule has 1 aromatic rings.